The van der Waals surface area contributed by atoms with Crippen molar-refractivity contribution in [3.8, 4) is 17.0 Å². The second-order valence-electron chi connectivity index (χ2n) is 3.72. The Hall–Kier alpha value is -2.31. The molecule has 19 heavy (non-hydrogen) atoms. The molecule has 0 unspecified atom stereocenters. The van der Waals surface area contributed by atoms with Crippen molar-refractivity contribution in [2.45, 2.75) is 6.18 Å². The Labute approximate surface area is 105 Å². The fourth-order valence-electron chi connectivity index (χ4n) is 1.59. The van der Waals surface area contributed by atoms with Gasteiger partial charge < -0.3 is 4.74 Å². The first-order chi connectivity index (χ1) is 8.91. The van der Waals surface area contributed by atoms with Crippen molar-refractivity contribution in [3.63, 3.8) is 0 Å². The largest absolute Gasteiger partial charge is 0.496 e. The molecule has 1 heterocycles. The number of rotatable bonds is 2. The first kappa shape index (κ1) is 13.1. The molecule has 0 aliphatic heterocycles. The molecule has 0 atom stereocenters. The smallest absolute Gasteiger partial charge is 0.419 e. The monoisotopic (exact) mass is 270 g/mol. The summed E-state index contributed by atoms with van der Waals surface area (Å²) in [6.45, 7) is 0. The molecule has 0 spiro atoms. The Kier molecular flexibility index (Phi) is 3.28. The number of benzene rings is 1. The van der Waals surface area contributed by atoms with Gasteiger partial charge >= 0.3 is 6.18 Å². The lowest BCUT2D eigenvalue weighted by molar-refractivity contribution is -0.138. The number of hydrogen-bond acceptors (Lipinski definition) is 3. The lowest BCUT2D eigenvalue weighted by atomic mass is 10.1. The van der Waals surface area contributed by atoms with Gasteiger partial charge in [-0.05, 0) is 24.3 Å². The summed E-state index contributed by atoms with van der Waals surface area (Å²) in [4.78, 5) is 10.9. The van der Waals surface area contributed by atoms with Crippen molar-refractivity contribution in [2.75, 3.05) is 7.11 Å². The number of methoxy groups -OCH3 is 1. The van der Waals surface area contributed by atoms with Crippen LogP contribution in [0.3, 0.4) is 0 Å². The maximum Gasteiger partial charge on any atom is 0.419 e. The van der Waals surface area contributed by atoms with E-state index < -0.39 is 17.3 Å². The van der Waals surface area contributed by atoms with Gasteiger partial charge in [0.15, 0.2) is 0 Å². The Morgan fingerprint density at radius 2 is 1.95 bits per heavy atom. The number of aromatic amines is 1. The Bertz CT molecular complexity index is 630. The third-order valence-electron chi connectivity index (χ3n) is 2.48. The van der Waals surface area contributed by atoms with Crippen molar-refractivity contribution < 1.29 is 17.9 Å². The van der Waals surface area contributed by atoms with Gasteiger partial charge in [-0.2, -0.15) is 18.3 Å². The average molecular weight is 270 g/mol. The molecular weight excluding hydrogens is 261 g/mol. The summed E-state index contributed by atoms with van der Waals surface area (Å²) in [5.74, 6) is -0.263. The van der Waals surface area contributed by atoms with Crippen LogP contribution in [0, 0.1) is 0 Å². The number of hydrogen-bond donors (Lipinski definition) is 1. The molecule has 2 rings (SSSR count). The number of nitrogens with one attached hydrogen (secondary N) is 1. The first-order valence-electron chi connectivity index (χ1n) is 5.23. The van der Waals surface area contributed by atoms with Gasteiger partial charge in [-0.3, -0.25) is 4.79 Å². The van der Waals surface area contributed by atoms with Gasteiger partial charge in [0, 0.05) is 11.6 Å². The van der Waals surface area contributed by atoms with Gasteiger partial charge in [0.2, 0.25) is 0 Å². The maximum atomic E-state index is 12.8. The Morgan fingerprint density at radius 1 is 1.21 bits per heavy atom. The molecule has 0 aliphatic carbocycles. The topological polar surface area (TPSA) is 55.0 Å². The van der Waals surface area contributed by atoms with Crippen LogP contribution in [0.5, 0.6) is 5.75 Å². The van der Waals surface area contributed by atoms with Gasteiger partial charge in [0.1, 0.15) is 5.75 Å². The van der Waals surface area contributed by atoms with Gasteiger partial charge in [-0.25, -0.2) is 5.10 Å². The minimum absolute atomic E-state index is 0.240. The van der Waals surface area contributed by atoms with Crippen molar-refractivity contribution in [1.82, 2.24) is 10.2 Å². The van der Waals surface area contributed by atoms with Crippen LogP contribution in [0.4, 0.5) is 13.2 Å². The first-order valence-corrected chi connectivity index (χ1v) is 5.23. The molecule has 100 valence electrons. The number of nitrogens with zero attached hydrogens (tertiary/aromatic N) is 1. The van der Waals surface area contributed by atoms with E-state index in [4.69, 9.17) is 0 Å². The minimum atomic E-state index is -4.52. The lowest BCUT2D eigenvalue weighted by Crippen LogP contribution is -2.09. The zero-order chi connectivity index (χ0) is 14.0. The van der Waals surface area contributed by atoms with Crippen LogP contribution in [0.15, 0.2) is 35.1 Å². The van der Waals surface area contributed by atoms with Crippen LogP contribution in [0.25, 0.3) is 11.3 Å². The third-order valence-corrected chi connectivity index (χ3v) is 2.48. The number of halogens is 3. The van der Waals surface area contributed by atoms with E-state index in [0.717, 1.165) is 6.07 Å². The molecule has 1 aromatic carbocycles. The highest BCUT2D eigenvalue weighted by Gasteiger charge is 2.34. The Balaban J connectivity index is 2.55. The molecule has 0 bridgehead atoms. The van der Waals surface area contributed by atoms with Crippen LogP contribution in [0.1, 0.15) is 5.56 Å². The van der Waals surface area contributed by atoms with Gasteiger partial charge in [-0.1, -0.05) is 0 Å². The molecule has 0 radical (unpaired) electrons. The van der Waals surface area contributed by atoms with Crippen molar-refractivity contribution in [2.24, 2.45) is 0 Å². The van der Waals surface area contributed by atoms with E-state index in [2.05, 4.69) is 14.9 Å². The van der Waals surface area contributed by atoms with Crippen LogP contribution in [-0.2, 0) is 6.18 Å². The second-order valence-corrected chi connectivity index (χ2v) is 3.72. The Morgan fingerprint density at radius 3 is 2.47 bits per heavy atom. The molecule has 1 aromatic heterocycles. The summed E-state index contributed by atoms with van der Waals surface area (Å²) in [6.07, 6.45) is -4.52. The molecule has 7 heteroatoms. The van der Waals surface area contributed by atoms with E-state index >= 15 is 0 Å². The summed E-state index contributed by atoms with van der Waals surface area (Å²) in [5.41, 5.74) is -0.828. The minimum Gasteiger partial charge on any atom is -0.496 e. The quantitative estimate of drug-likeness (QED) is 0.912. The summed E-state index contributed by atoms with van der Waals surface area (Å²) in [5, 5.41) is 5.85. The van der Waals surface area contributed by atoms with E-state index in [0.29, 0.717) is 0 Å². The van der Waals surface area contributed by atoms with Crippen LogP contribution in [0.2, 0.25) is 0 Å². The highest BCUT2D eigenvalue weighted by atomic mass is 19.4. The molecule has 0 fully saturated rings. The van der Waals surface area contributed by atoms with Crippen LogP contribution >= 0.6 is 0 Å². The highest BCUT2D eigenvalue weighted by Crippen LogP contribution is 2.38. The predicted octanol–water partition coefficient (Wildman–Crippen LogP) is 2.46. The number of aromatic nitrogens is 2. The van der Waals surface area contributed by atoms with E-state index in [1.165, 1.54) is 31.4 Å². The average Bonchev–Trinajstić information content (AvgIpc) is 2.38. The molecule has 2 aromatic rings. The molecular formula is C12H9F3N2O2. The fourth-order valence-corrected chi connectivity index (χ4v) is 1.59. The maximum absolute atomic E-state index is 12.8. The molecule has 0 aliphatic rings. The summed E-state index contributed by atoms with van der Waals surface area (Å²) in [7, 11) is 1.17. The van der Waals surface area contributed by atoms with Crippen molar-refractivity contribution in [3.05, 3.63) is 46.2 Å². The van der Waals surface area contributed by atoms with Crippen LogP contribution < -0.4 is 10.3 Å². The molecule has 0 saturated carbocycles. The highest BCUT2D eigenvalue weighted by molar-refractivity contribution is 5.61. The third kappa shape index (κ3) is 2.75. The van der Waals surface area contributed by atoms with Crippen LogP contribution in [-0.4, -0.2) is 17.3 Å². The molecule has 0 saturated heterocycles. The van der Waals surface area contributed by atoms with E-state index in [-0.39, 0.29) is 17.0 Å². The molecule has 1 N–H and O–H groups in total. The van der Waals surface area contributed by atoms with Gasteiger partial charge in [-0.15, -0.1) is 0 Å². The zero-order valence-corrected chi connectivity index (χ0v) is 9.78. The second kappa shape index (κ2) is 4.75. The fraction of sp³-hybridized carbons (Fsp3) is 0.167. The molecule has 4 nitrogen and oxygen atoms in total. The van der Waals surface area contributed by atoms with E-state index in [1.807, 2.05) is 0 Å². The number of H-pyrrole nitrogens is 1. The number of alkyl halides is 3. The van der Waals surface area contributed by atoms with Crippen molar-refractivity contribution in [1.29, 1.82) is 0 Å². The summed E-state index contributed by atoms with van der Waals surface area (Å²) < 4.78 is 43.2. The lowest BCUT2D eigenvalue weighted by Gasteiger charge is -2.13. The van der Waals surface area contributed by atoms with E-state index in [1.54, 1.807) is 0 Å². The van der Waals surface area contributed by atoms with Gasteiger partial charge in [0.25, 0.3) is 5.56 Å². The van der Waals surface area contributed by atoms with Crippen molar-refractivity contribution >= 4 is 0 Å². The summed E-state index contributed by atoms with van der Waals surface area (Å²) >= 11 is 0. The SMILES string of the molecule is COc1ccc(-c2ccc(=O)[nH]n2)cc1C(F)(F)F. The standard InChI is InChI=1S/C12H9F3N2O2/c1-19-10-4-2-7(6-8(10)12(13,14)15)9-3-5-11(18)17-16-9/h2-6H,1H3,(H,17,18). The predicted molar refractivity (Wildman–Crippen MR) is 61.8 cm³/mol. The zero-order valence-electron chi connectivity index (χ0n) is 9.78. The summed E-state index contributed by atoms with van der Waals surface area (Å²) in [6, 6.07) is 6.12. The normalized spacial score (nSPS) is 11.4. The van der Waals surface area contributed by atoms with Gasteiger partial charge in [0.05, 0.1) is 18.4 Å². The van der Waals surface area contributed by atoms with E-state index in [9.17, 15) is 18.0 Å². The number of ether oxygens (including phenoxy) is 1. The molecule has 0 amide bonds.